The van der Waals surface area contributed by atoms with E-state index in [9.17, 15) is 4.79 Å². The molecule has 2 aromatic rings. The zero-order valence-electron chi connectivity index (χ0n) is 10.7. The molecule has 100 valence electrons. The van der Waals surface area contributed by atoms with Gasteiger partial charge in [-0.25, -0.2) is 0 Å². The summed E-state index contributed by atoms with van der Waals surface area (Å²) in [5, 5.41) is 7.11. The van der Waals surface area contributed by atoms with Gasteiger partial charge in [0.2, 0.25) is 0 Å². The Morgan fingerprint density at radius 2 is 2.05 bits per heavy atom. The first-order valence-corrected chi connectivity index (χ1v) is 8.03. The molecule has 0 saturated heterocycles. The van der Waals surface area contributed by atoms with Crippen molar-refractivity contribution in [1.29, 1.82) is 0 Å². The van der Waals surface area contributed by atoms with E-state index in [-0.39, 0.29) is 5.91 Å². The van der Waals surface area contributed by atoms with Crippen LogP contribution in [0.5, 0.6) is 0 Å². The van der Waals surface area contributed by atoms with E-state index in [1.807, 2.05) is 31.3 Å². The fourth-order valence-electron chi connectivity index (χ4n) is 1.82. The lowest BCUT2D eigenvalue weighted by atomic mass is 10.3. The second-order valence-electron chi connectivity index (χ2n) is 4.50. The van der Waals surface area contributed by atoms with Gasteiger partial charge in [0.1, 0.15) is 6.54 Å². The minimum atomic E-state index is 0.0499. The Morgan fingerprint density at radius 1 is 1.32 bits per heavy atom. The molecule has 19 heavy (non-hydrogen) atoms. The normalized spacial score (nSPS) is 12.1. The summed E-state index contributed by atoms with van der Waals surface area (Å²) in [5.41, 5.74) is 2.14. The van der Waals surface area contributed by atoms with Crippen molar-refractivity contribution in [2.45, 2.75) is 6.54 Å². The van der Waals surface area contributed by atoms with Crippen LogP contribution >= 0.6 is 33.9 Å². The molecule has 1 atom stereocenters. The highest BCUT2D eigenvalue weighted by Gasteiger charge is 2.10. The molecule has 0 bridgehead atoms. The second kappa shape index (κ2) is 7.02. The Labute approximate surface area is 130 Å². The highest BCUT2D eigenvalue weighted by atomic mass is 127. The zero-order chi connectivity index (χ0) is 13.7. The number of quaternary nitrogens is 1. The van der Waals surface area contributed by atoms with Gasteiger partial charge in [-0.15, -0.1) is 0 Å². The lowest BCUT2D eigenvalue weighted by molar-refractivity contribution is -0.885. The van der Waals surface area contributed by atoms with E-state index in [0.717, 1.165) is 15.8 Å². The number of hydrogen-bond acceptors (Lipinski definition) is 2. The molecule has 1 heterocycles. The molecular formula is C14H16IN2OS+. The molecule has 0 aliphatic heterocycles. The first kappa shape index (κ1) is 14.5. The number of nitrogens with one attached hydrogen (secondary N) is 2. The van der Waals surface area contributed by atoms with Crippen LogP contribution in [0, 0.1) is 3.57 Å². The monoisotopic (exact) mass is 387 g/mol. The highest BCUT2D eigenvalue weighted by Crippen LogP contribution is 2.10. The first-order valence-electron chi connectivity index (χ1n) is 6.01. The second-order valence-corrected chi connectivity index (χ2v) is 6.52. The van der Waals surface area contributed by atoms with Crippen LogP contribution in [-0.2, 0) is 11.3 Å². The number of carbonyl (C=O) groups is 1. The summed E-state index contributed by atoms with van der Waals surface area (Å²) in [5.74, 6) is 0.0499. The van der Waals surface area contributed by atoms with Gasteiger partial charge < -0.3 is 10.2 Å². The molecular weight excluding hydrogens is 371 g/mol. The molecule has 1 aromatic carbocycles. The topological polar surface area (TPSA) is 33.5 Å². The molecule has 0 aliphatic carbocycles. The average molecular weight is 387 g/mol. The molecule has 0 radical (unpaired) electrons. The summed E-state index contributed by atoms with van der Waals surface area (Å²) in [6.45, 7) is 1.35. The molecule has 1 amide bonds. The number of thiophene rings is 1. The summed E-state index contributed by atoms with van der Waals surface area (Å²) in [6, 6.07) is 9.92. The number of amides is 1. The van der Waals surface area contributed by atoms with Crippen molar-refractivity contribution >= 4 is 45.5 Å². The Morgan fingerprint density at radius 3 is 2.68 bits per heavy atom. The number of anilines is 1. The predicted octanol–water partition coefficient (Wildman–Crippen LogP) is 2.01. The first-order chi connectivity index (χ1) is 9.13. The maximum Gasteiger partial charge on any atom is 0.279 e. The Hall–Kier alpha value is -0.920. The Balaban J connectivity index is 1.82. The Bertz CT molecular complexity index is 525. The van der Waals surface area contributed by atoms with E-state index in [4.69, 9.17) is 0 Å². The number of hydrogen-bond donors (Lipinski definition) is 2. The van der Waals surface area contributed by atoms with Gasteiger partial charge in [-0.05, 0) is 63.7 Å². The van der Waals surface area contributed by atoms with Gasteiger partial charge in [0.05, 0.1) is 7.05 Å². The summed E-state index contributed by atoms with van der Waals surface area (Å²) < 4.78 is 1.16. The van der Waals surface area contributed by atoms with Crippen LogP contribution in [0.4, 0.5) is 5.69 Å². The molecule has 1 aromatic heterocycles. The maximum absolute atomic E-state index is 11.9. The number of rotatable bonds is 5. The molecule has 0 spiro atoms. The van der Waals surface area contributed by atoms with Crippen LogP contribution in [0.15, 0.2) is 41.1 Å². The van der Waals surface area contributed by atoms with E-state index in [2.05, 4.69) is 44.7 Å². The van der Waals surface area contributed by atoms with Crippen molar-refractivity contribution in [3.05, 3.63) is 50.2 Å². The summed E-state index contributed by atoms with van der Waals surface area (Å²) in [4.78, 5) is 13.1. The molecule has 5 heteroatoms. The highest BCUT2D eigenvalue weighted by molar-refractivity contribution is 14.1. The van der Waals surface area contributed by atoms with Gasteiger partial charge in [-0.2, -0.15) is 11.3 Å². The SMILES string of the molecule is C[NH+](CC(=O)Nc1ccc(I)cc1)Cc1ccsc1. The molecule has 0 saturated carbocycles. The fraction of sp³-hybridized carbons (Fsp3) is 0.214. The van der Waals surface area contributed by atoms with Gasteiger partial charge in [-0.3, -0.25) is 4.79 Å². The van der Waals surface area contributed by atoms with Crippen molar-refractivity contribution in [2.24, 2.45) is 0 Å². The van der Waals surface area contributed by atoms with Crippen LogP contribution in [0.1, 0.15) is 5.56 Å². The maximum atomic E-state index is 11.9. The quantitative estimate of drug-likeness (QED) is 0.757. The number of likely N-dealkylation sites (N-methyl/N-ethyl adjacent to an activating group) is 1. The molecule has 2 rings (SSSR count). The standard InChI is InChI=1S/C14H15IN2OS/c1-17(8-11-6-7-19-10-11)9-14(18)16-13-4-2-12(15)3-5-13/h2-7,10H,8-9H2,1H3,(H,16,18)/p+1. The van der Waals surface area contributed by atoms with Crippen LogP contribution < -0.4 is 10.2 Å². The van der Waals surface area contributed by atoms with Gasteiger partial charge >= 0.3 is 0 Å². The fourth-order valence-corrected chi connectivity index (χ4v) is 2.84. The van der Waals surface area contributed by atoms with E-state index in [1.54, 1.807) is 11.3 Å². The van der Waals surface area contributed by atoms with E-state index < -0.39 is 0 Å². The largest absolute Gasteiger partial charge is 0.326 e. The smallest absolute Gasteiger partial charge is 0.279 e. The summed E-state index contributed by atoms with van der Waals surface area (Å²) in [6.07, 6.45) is 0. The predicted molar refractivity (Wildman–Crippen MR) is 87.6 cm³/mol. The van der Waals surface area contributed by atoms with Gasteiger partial charge in [-0.1, -0.05) is 0 Å². The van der Waals surface area contributed by atoms with Crippen molar-refractivity contribution in [3.63, 3.8) is 0 Å². The van der Waals surface area contributed by atoms with Crippen LogP contribution in [0.25, 0.3) is 0 Å². The van der Waals surface area contributed by atoms with Crippen LogP contribution in [0.3, 0.4) is 0 Å². The van der Waals surface area contributed by atoms with Crippen molar-refractivity contribution in [1.82, 2.24) is 0 Å². The molecule has 3 nitrogen and oxygen atoms in total. The van der Waals surface area contributed by atoms with Gasteiger partial charge in [0.15, 0.2) is 6.54 Å². The minimum absolute atomic E-state index is 0.0499. The third-order valence-electron chi connectivity index (χ3n) is 2.68. The molecule has 2 N–H and O–H groups in total. The van der Waals surface area contributed by atoms with Gasteiger partial charge in [0.25, 0.3) is 5.91 Å². The number of benzene rings is 1. The summed E-state index contributed by atoms with van der Waals surface area (Å²) in [7, 11) is 2.03. The van der Waals surface area contributed by atoms with E-state index in [1.165, 1.54) is 10.5 Å². The van der Waals surface area contributed by atoms with Crippen LogP contribution in [-0.4, -0.2) is 19.5 Å². The third kappa shape index (κ3) is 4.93. The van der Waals surface area contributed by atoms with E-state index in [0.29, 0.717) is 6.54 Å². The Kier molecular flexibility index (Phi) is 5.35. The zero-order valence-corrected chi connectivity index (χ0v) is 13.6. The lowest BCUT2D eigenvalue weighted by Crippen LogP contribution is -3.08. The third-order valence-corrected chi connectivity index (χ3v) is 4.13. The minimum Gasteiger partial charge on any atom is -0.326 e. The van der Waals surface area contributed by atoms with E-state index >= 15 is 0 Å². The van der Waals surface area contributed by atoms with Crippen molar-refractivity contribution in [3.8, 4) is 0 Å². The molecule has 0 fully saturated rings. The van der Waals surface area contributed by atoms with Crippen LogP contribution in [0.2, 0.25) is 0 Å². The summed E-state index contributed by atoms with van der Waals surface area (Å²) >= 11 is 3.94. The van der Waals surface area contributed by atoms with Gasteiger partial charge in [0, 0.05) is 14.8 Å². The van der Waals surface area contributed by atoms with Crippen molar-refractivity contribution in [2.75, 3.05) is 18.9 Å². The molecule has 0 aliphatic rings. The average Bonchev–Trinajstić information content (AvgIpc) is 2.84. The number of carbonyl (C=O) groups excluding carboxylic acids is 1. The van der Waals surface area contributed by atoms with Crippen molar-refractivity contribution < 1.29 is 9.69 Å². The molecule has 1 unspecified atom stereocenters. The number of halogens is 1. The lowest BCUT2D eigenvalue weighted by Gasteiger charge is -2.13.